The third-order valence-corrected chi connectivity index (χ3v) is 5.75. The van der Waals surface area contributed by atoms with Crippen LogP contribution in [-0.2, 0) is 10.0 Å². The number of rotatable bonds is 7. The first kappa shape index (κ1) is 19.7. The molecule has 0 saturated carbocycles. The monoisotopic (exact) mass is 425 g/mol. The summed E-state index contributed by atoms with van der Waals surface area (Å²) in [5.74, 6) is 0.618. The standard InChI is InChI=1S/C21H19N3O5S/c1-3-28-16-11-7-8-12-18(16)30(25,26)24-20-19-17(27-2)13-15(22-21(19)29-23-20)14-9-5-4-6-10-14/h4-13H,3H2,1-2H3,(H,23,24). The molecule has 0 aliphatic rings. The van der Waals surface area contributed by atoms with Crippen LogP contribution in [0.2, 0.25) is 0 Å². The summed E-state index contributed by atoms with van der Waals surface area (Å²) in [5.41, 5.74) is 1.64. The average molecular weight is 425 g/mol. The van der Waals surface area contributed by atoms with Gasteiger partial charge in [0.2, 0.25) is 0 Å². The van der Waals surface area contributed by atoms with E-state index in [1.54, 1.807) is 31.2 Å². The largest absolute Gasteiger partial charge is 0.496 e. The summed E-state index contributed by atoms with van der Waals surface area (Å²) in [5, 5.41) is 4.20. The lowest BCUT2D eigenvalue weighted by Gasteiger charge is -2.11. The van der Waals surface area contributed by atoms with Crippen molar-refractivity contribution < 1.29 is 22.4 Å². The predicted octanol–water partition coefficient (Wildman–Crippen LogP) is 4.10. The maximum absolute atomic E-state index is 13.0. The quantitative estimate of drug-likeness (QED) is 0.475. The first-order valence-electron chi connectivity index (χ1n) is 9.18. The van der Waals surface area contributed by atoms with Crippen molar-refractivity contribution in [2.24, 2.45) is 0 Å². The van der Waals surface area contributed by atoms with Crippen LogP contribution in [0.5, 0.6) is 11.5 Å². The molecule has 2 aromatic carbocycles. The molecule has 4 rings (SSSR count). The fourth-order valence-electron chi connectivity index (χ4n) is 3.03. The van der Waals surface area contributed by atoms with Crippen molar-refractivity contribution in [1.82, 2.24) is 10.1 Å². The highest BCUT2D eigenvalue weighted by Gasteiger charge is 2.25. The van der Waals surface area contributed by atoms with E-state index in [0.717, 1.165) is 5.56 Å². The van der Waals surface area contributed by atoms with Crippen LogP contribution in [0.1, 0.15) is 6.92 Å². The van der Waals surface area contributed by atoms with Gasteiger partial charge in [-0.1, -0.05) is 47.6 Å². The van der Waals surface area contributed by atoms with Crippen molar-refractivity contribution in [3.05, 3.63) is 60.7 Å². The Balaban J connectivity index is 1.77. The van der Waals surface area contributed by atoms with Crippen molar-refractivity contribution in [3.63, 3.8) is 0 Å². The third kappa shape index (κ3) is 3.67. The number of hydrogen-bond acceptors (Lipinski definition) is 7. The van der Waals surface area contributed by atoms with Crippen molar-refractivity contribution in [1.29, 1.82) is 0 Å². The molecule has 4 aromatic rings. The van der Waals surface area contributed by atoms with Crippen LogP contribution in [0.15, 0.2) is 70.1 Å². The molecular formula is C21H19N3O5S. The highest BCUT2D eigenvalue weighted by Crippen LogP contribution is 2.36. The number of nitrogens with zero attached hydrogens (tertiary/aromatic N) is 2. The van der Waals surface area contributed by atoms with Gasteiger partial charge in [0.1, 0.15) is 21.8 Å². The second-order valence-corrected chi connectivity index (χ2v) is 7.92. The van der Waals surface area contributed by atoms with E-state index in [4.69, 9.17) is 14.0 Å². The summed E-state index contributed by atoms with van der Waals surface area (Å²) in [6.45, 7) is 2.11. The van der Waals surface area contributed by atoms with Gasteiger partial charge in [0.15, 0.2) is 5.82 Å². The molecule has 154 valence electrons. The Morgan fingerprint density at radius 1 is 1.03 bits per heavy atom. The molecule has 0 atom stereocenters. The number of para-hydroxylation sites is 1. The Kier molecular flexibility index (Phi) is 5.28. The molecule has 30 heavy (non-hydrogen) atoms. The molecule has 0 saturated heterocycles. The molecule has 0 amide bonds. The lowest BCUT2D eigenvalue weighted by atomic mass is 10.1. The molecule has 0 aliphatic heterocycles. The second-order valence-electron chi connectivity index (χ2n) is 6.27. The van der Waals surface area contributed by atoms with Gasteiger partial charge < -0.3 is 14.0 Å². The van der Waals surface area contributed by atoms with Crippen LogP contribution in [0.3, 0.4) is 0 Å². The Morgan fingerprint density at radius 3 is 2.50 bits per heavy atom. The van der Waals surface area contributed by atoms with Gasteiger partial charge in [0, 0.05) is 11.6 Å². The summed E-state index contributed by atoms with van der Waals surface area (Å²) >= 11 is 0. The molecule has 2 heterocycles. The molecule has 2 aromatic heterocycles. The zero-order chi connectivity index (χ0) is 21.1. The van der Waals surface area contributed by atoms with Crippen LogP contribution < -0.4 is 14.2 Å². The average Bonchev–Trinajstić information content (AvgIpc) is 3.16. The van der Waals surface area contributed by atoms with Crippen molar-refractivity contribution >= 4 is 26.9 Å². The summed E-state index contributed by atoms with van der Waals surface area (Å²) in [6.07, 6.45) is 0. The number of hydrogen-bond donors (Lipinski definition) is 1. The normalized spacial score (nSPS) is 11.4. The van der Waals surface area contributed by atoms with Crippen LogP contribution in [0, 0.1) is 0 Å². The van der Waals surface area contributed by atoms with Crippen LogP contribution in [0.4, 0.5) is 5.82 Å². The van der Waals surface area contributed by atoms with Crippen LogP contribution in [-0.4, -0.2) is 32.3 Å². The van der Waals surface area contributed by atoms with E-state index in [0.29, 0.717) is 23.4 Å². The number of aromatic nitrogens is 2. The number of benzene rings is 2. The number of fused-ring (bicyclic) bond motifs is 1. The van der Waals surface area contributed by atoms with Gasteiger partial charge in [-0.15, -0.1) is 0 Å². The summed E-state index contributed by atoms with van der Waals surface area (Å²) in [7, 11) is -2.51. The summed E-state index contributed by atoms with van der Waals surface area (Å²) in [4.78, 5) is 4.45. The van der Waals surface area contributed by atoms with Gasteiger partial charge in [-0.25, -0.2) is 13.4 Å². The maximum atomic E-state index is 13.0. The van der Waals surface area contributed by atoms with Crippen molar-refractivity contribution in [3.8, 4) is 22.8 Å². The number of ether oxygens (including phenoxy) is 2. The molecule has 0 fully saturated rings. The Hall–Kier alpha value is -3.59. The van der Waals surface area contributed by atoms with Gasteiger partial charge in [-0.05, 0) is 19.1 Å². The highest BCUT2D eigenvalue weighted by molar-refractivity contribution is 7.92. The minimum Gasteiger partial charge on any atom is -0.496 e. The molecule has 0 spiro atoms. The second kappa shape index (κ2) is 8.03. The number of anilines is 1. The Morgan fingerprint density at radius 2 is 1.77 bits per heavy atom. The summed E-state index contributed by atoms with van der Waals surface area (Å²) < 4.78 is 44.7. The first-order valence-corrected chi connectivity index (χ1v) is 10.7. The van der Waals surface area contributed by atoms with Gasteiger partial charge in [-0.3, -0.25) is 4.72 Å². The smallest absolute Gasteiger partial charge is 0.266 e. The van der Waals surface area contributed by atoms with E-state index in [9.17, 15) is 8.42 Å². The SMILES string of the molecule is CCOc1ccccc1S(=O)(=O)Nc1noc2nc(-c3ccccc3)cc(OC)c12. The van der Waals surface area contributed by atoms with E-state index in [1.807, 2.05) is 30.3 Å². The molecule has 0 radical (unpaired) electrons. The topological polar surface area (TPSA) is 104 Å². The van der Waals surface area contributed by atoms with Crippen molar-refractivity contribution in [2.75, 3.05) is 18.4 Å². The van der Waals surface area contributed by atoms with Gasteiger partial charge >= 0.3 is 0 Å². The molecular weight excluding hydrogens is 406 g/mol. The molecule has 0 aliphatic carbocycles. The zero-order valence-corrected chi connectivity index (χ0v) is 17.1. The molecule has 8 nitrogen and oxygen atoms in total. The molecule has 0 bridgehead atoms. The fourth-order valence-corrected chi connectivity index (χ4v) is 4.19. The number of pyridine rings is 1. The van der Waals surface area contributed by atoms with Crippen LogP contribution >= 0.6 is 0 Å². The Labute approximate surface area is 173 Å². The Bertz CT molecular complexity index is 1290. The van der Waals surface area contributed by atoms with Crippen molar-refractivity contribution in [2.45, 2.75) is 11.8 Å². The van der Waals surface area contributed by atoms with E-state index in [2.05, 4.69) is 14.9 Å². The molecule has 9 heteroatoms. The fraction of sp³-hybridized carbons (Fsp3) is 0.143. The van der Waals surface area contributed by atoms with E-state index in [-0.39, 0.29) is 22.2 Å². The van der Waals surface area contributed by atoms with Crippen LogP contribution in [0.25, 0.3) is 22.4 Å². The summed E-state index contributed by atoms with van der Waals surface area (Å²) in [6, 6.07) is 17.6. The molecule has 1 N–H and O–H groups in total. The first-order chi connectivity index (χ1) is 14.5. The van der Waals surface area contributed by atoms with E-state index >= 15 is 0 Å². The van der Waals surface area contributed by atoms with Gasteiger partial charge in [-0.2, -0.15) is 0 Å². The minimum atomic E-state index is -4.00. The van der Waals surface area contributed by atoms with E-state index < -0.39 is 10.0 Å². The van der Waals surface area contributed by atoms with Gasteiger partial charge in [0.25, 0.3) is 15.7 Å². The third-order valence-electron chi connectivity index (χ3n) is 4.37. The van der Waals surface area contributed by atoms with Gasteiger partial charge in [0.05, 0.1) is 19.4 Å². The highest BCUT2D eigenvalue weighted by atomic mass is 32.2. The predicted molar refractivity (Wildman–Crippen MR) is 112 cm³/mol. The lowest BCUT2D eigenvalue weighted by Crippen LogP contribution is -2.15. The number of methoxy groups -OCH3 is 1. The lowest BCUT2D eigenvalue weighted by molar-refractivity contribution is 0.331. The van der Waals surface area contributed by atoms with E-state index in [1.165, 1.54) is 13.2 Å². The maximum Gasteiger partial charge on any atom is 0.266 e. The zero-order valence-electron chi connectivity index (χ0n) is 16.3. The number of nitrogens with one attached hydrogen (secondary N) is 1. The number of sulfonamides is 1. The minimum absolute atomic E-state index is 0.00386. The molecule has 0 unspecified atom stereocenters.